The molecule has 0 amide bonds. The van der Waals surface area contributed by atoms with Crippen LogP contribution < -0.4 is 21.3 Å². The maximum Gasteiger partial charge on any atom is 0.247 e. The molecular weight excluding hydrogens is 553 g/mol. The van der Waals surface area contributed by atoms with Crippen LogP contribution >= 0.6 is 0 Å². The number of rotatable bonds is 10. The number of nitrogens with zero attached hydrogens (tertiary/aromatic N) is 1. The molecule has 7 rings (SSSR count). The molecule has 0 aromatic heterocycles. The summed E-state index contributed by atoms with van der Waals surface area (Å²) in [6, 6.07) is 38.7. The molecule has 1 unspecified atom stereocenters. The number of anilines is 3. The van der Waals surface area contributed by atoms with E-state index >= 15 is 0 Å². The first kappa shape index (κ1) is 30.6. The van der Waals surface area contributed by atoms with Crippen molar-refractivity contribution in [2.45, 2.75) is 91.9 Å². The number of hydrogen-bond acceptors (Lipinski definition) is 1. The average Bonchev–Trinajstić information content (AvgIpc) is 3.06. The summed E-state index contributed by atoms with van der Waals surface area (Å²) < 4.78 is 0. The fraction of sp³-hybridized carbons (Fsp3) is 0.318. The summed E-state index contributed by atoms with van der Waals surface area (Å²) in [5.74, 6) is 0.209. The van der Waals surface area contributed by atoms with Crippen molar-refractivity contribution in [2.24, 2.45) is 0 Å². The highest BCUT2D eigenvalue weighted by Gasteiger charge is 2.44. The molecule has 0 aliphatic carbocycles. The van der Waals surface area contributed by atoms with Crippen LogP contribution in [-0.2, 0) is 25.7 Å². The van der Waals surface area contributed by atoms with E-state index in [0.717, 1.165) is 38.5 Å². The molecule has 2 aliphatic heterocycles. The third-order valence-corrected chi connectivity index (χ3v) is 10.3. The Morgan fingerprint density at radius 3 is 1.70 bits per heavy atom. The molecule has 0 radical (unpaired) electrons. The van der Waals surface area contributed by atoms with Crippen LogP contribution in [0.15, 0.2) is 97.1 Å². The van der Waals surface area contributed by atoms with Gasteiger partial charge in [-0.15, -0.1) is 0 Å². The summed E-state index contributed by atoms with van der Waals surface area (Å²) in [5, 5.41) is 0. The van der Waals surface area contributed by atoms with Crippen LogP contribution in [0.5, 0.6) is 0 Å². The van der Waals surface area contributed by atoms with Crippen molar-refractivity contribution >= 4 is 40.2 Å². The van der Waals surface area contributed by atoms with Crippen LogP contribution in [-0.4, -0.2) is 6.71 Å². The monoisotopic (exact) mass is 601 g/mol. The number of benzene rings is 5. The molecule has 0 fully saturated rings. The lowest BCUT2D eigenvalue weighted by atomic mass is 9.31. The Morgan fingerprint density at radius 2 is 1.07 bits per heavy atom. The smallest absolute Gasteiger partial charge is 0.247 e. The van der Waals surface area contributed by atoms with Gasteiger partial charge in [0.1, 0.15) is 0 Å². The van der Waals surface area contributed by atoms with Crippen LogP contribution in [0.25, 0.3) is 0 Å². The van der Waals surface area contributed by atoms with Gasteiger partial charge in [0.05, 0.1) is 0 Å². The normalized spacial score (nSPS) is 14.6. The van der Waals surface area contributed by atoms with Crippen LogP contribution in [0.3, 0.4) is 0 Å². The van der Waals surface area contributed by atoms with Crippen molar-refractivity contribution < 1.29 is 0 Å². The van der Waals surface area contributed by atoms with Crippen molar-refractivity contribution in [3.8, 4) is 0 Å². The van der Waals surface area contributed by atoms with E-state index in [1.54, 1.807) is 0 Å². The first-order valence-corrected chi connectivity index (χ1v) is 17.9. The maximum atomic E-state index is 2.57. The second-order valence-corrected chi connectivity index (χ2v) is 13.8. The molecule has 2 heteroatoms. The molecule has 1 nitrogen and oxygen atoms in total. The van der Waals surface area contributed by atoms with Crippen LogP contribution in [0.2, 0.25) is 0 Å². The molecule has 0 spiro atoms. The standard InChI is InChI=1S/C44H48BN/c1-6-10-31-14-20-35(21-15-31)43-37-24-18-33(12-8-3)28-39(37)45-40-29-34(13-9-4)19-25-41(40)46(36-22-16-32(11-7-2)17-23-36)42-27-30(5)26-38(43)44(42)45/h14-29,43H,6-13H2,1-5H3. The highest BCUT2D eigenvalue weighted by atomic mass is 15.1. The minimum Gasteiger partial charge on any atom is -0.312 e. The topological polar surface area (TPSA) is 3.24 Å². The second-order valence-electron chi connectivity index (χ2n) is 13.8. The molecule has 46 heavy (non-hydrogen) atoms. The Morgan fingerprint density at radius 1 is 0.522 bits per heavy atom. The fourth-order valence-electron chi connectivity index (χ4n) is 8.29. The Bertz CT molecular complexity index is 1720. The SMILES string of the molecule is CCCc1ccc(C2c3ccc(CCC)cc3B3c4cc(CCC)ccc4N(c4ccc(CCC)cc4)c4cc(C)cc2c43)cc1. The highest BCUT2D eigenvalue weighted by Crippen LogP contribution is 2.43. The van der Waals surface area contributed by atoms with E-state index in [9.17, 15) is 0 Å². The van der Waals surface area contributed by atoms with Crippen molar-refractivity contribution in [3.05, 3.63) is 142 Å². The summed E-state index contributed by atoms with van der Waals surface area (Å²) in [7, 11) is 0. The van der Waals surface area contributed by atoms with E-state index < -0.39 is 0 Å². The molecule has 0 saturated carbocycles. The van der Waals surface area contributed by atoms with Gasteiger partial charge < -0.3 is 4.90 Å². The first-order chi connectivity index (χ1) is 22.5. The van der Waals surface area contributed by atoms with E-state index in [4.69, 9.17) is 0 Å². The lowest BCUT2D eigenvalue weighted by molar-refractivity contribution is 0.910. The van der Waals surface area contributed by atoms with Crippen LogP contribution in [0.1, 0.15) is 104 Å². The van der Waals surface area contributed by atoms with Gasteiger partial charge in [-0.3, -0.25) is 0 Å². The molecule has 0 bridgehead atoms. The Kier molecular flexibility index (Phi) is 8.65. The fourth-order valence-corrected chi connectivity index (χ4v) is 8.29. The van der Waals surface area contributed by atoms with Gasteiger partial charge >= 0.3 is 0 Å². The van der Waals surface area contributed by atoms with E-state index in [1.807, 2.05) is 0 Å². The summed E-state index contributed by atoms with van der Waals surface area (Å²) in [6.07, 6.45) is 9.12. The molecule has 2 heterocycles. The maximum absolute atomic E-state index is 2.57. The predicted octanol–water partition coefficient (Wildman–Crippen LogP) is 9.60. The van der Waals surface area contributed by atoms with Gasteiger partial charge in [0, 0.05) is 23.0 Å². The van der Waals surface area contributed by atoms with Gasteiger partial charge in [-0.05, 0) is 112 Å². The average molecular weight is 602 g/mol. The van der Waals surface area contributed by atoms with Crippen molar-refractivity contribution in [1.82, 2.24) is 0 Å². The van der Waals surface area contributed by atoms with Crippen molar-refractivity contribution in [2.75, 3.05) is 4.90 Å². The molecule has 0 saturated heterocycles. The molecule has 0 N–H and O–H groups in total. The van der Waals surface area contributed by atoms with Crippen LogP contribution in [0.4, 0.5) is 17.1 Å². The summed E-state index contributed by atoms with van der Waals surface area (Å²) in [6.45, 7) is 11.6. The molecular formula is C44H48BN. The molecule has 5 aromatic rings. The minimum absolute atomic E-state index is 0.209. The number of hydrogen-bond donors (Lipinski definition) is 0. The van der Waals surface area contributed by atoms with Gasteiger partial charge in [-0.2, -0.15) is 0 Å². The largest absolute Gasteiger partial charge is 0.312 e. The lowest BCUT2D eigenvalue weighted by Crippen LogP contribution is -2.62. The van der Waals surface area contributed by atoms with Gasteiger partial charge in [0.25, 0.3) is 0 Å². The van der Waals surface area contributed by atoms with Gasteiger partial charge in [0.2, 0.25) is 6.71 Å². The summed E-state index contributed by atoms with van der Waals surface area (Å²) >= 11 is 0. The van der Waals surface area contributed by atoms with Gasteiger partial charge in [0.15, 0.2) is 0 Å². The Labute approximate surface area is 277 Å². The second kappa shape index (κ2) is 13.0. The Balaban J connectivity index is 1.52. The zero-order valence-corrected chi connectivity index (χ0v) is 28.5. The number of aryl methyl sites for hydroxylation is 5. The zero-order valence-electron chi connectivity index (χ0n) is 28.5. The van der Waals surface area contributed by atoms with Crippen molar-refractivity contribution in [3.63, 3.8) is 0 Å². The van der Waals surface area contributed by atoms with E-state index in [1.165, 1.54) is 90.8 Å². The zero-order chi connectivity index (χ0) is 31.8. The first-order valence-electron chi connectivity index (χ1n) is 17.9. The molecule has 1 atom stereocenters. The highest BCUT2D eigenvalue weighted by molar-refractivity contribution is 6.99. The van der Waals surface area contributed by atoms with E-state index in [2.05, 4.69) is 137 Å². The Hall–Kier alpha value is -4.04. The third kappa shape index (κ3) is 5.40. The lowest BCUT2D eigenvalue weighted by Gasteiger charge is -2.43. The van der Waals surface area contributed by atoms with E-state index in [0.29, 0.717) is 0 Å². The molecule has 2 aliphatic rings. The third-order valence-electron chi connectivity index (χ3n) is 10.3. The van der Waals surface area contributed by atoms with Crippen LogP contribution in [0, 0.1) is 6.92 Å². The molecule has 5 aromatic carbocycles. The summed E-state index contributed by atoms with van der Waals surface area (Å²) in [5.41, 5.74) is 19.8. The predicted molar refractivity (Wildman–Crippen MR) is 200 cm³/mol. The minimum atomic E-state index is 0.209. The van der Waals surface area contributed by atoms with Gasteiger partial charge in [-0.25, -0.2) is 0 Å². The van der Waals surface area contributed by atoms with Crippen molar-refractivity contribution in [1.29, 1.82) is 0 Å². The molecule has 232 valence electrons. The van der Waals surface area contributed by atoms with Gasteiger partial charge in [-0.1, -0.05) is 132 Å². The number of fused-ring (bicyclic) bond motifs is 4. The quantitative estimate of drug-likeness (QED) is 0.141. The summed E-state index contributed by atoms with van der Waals surface area (Å²) in [4.78, 5) is 2.57. The van der Waals surface area contributed by atoms with E-state index in [-0.39, 0.29) is 12.6 Å².